The molecule has 0 saturated carbocycles. The van der Waals surface area contributed by atoms with Gasteiger partial charge in [-0.2, -0.15) is 0 Å². The monoisotopic (exact) mass is 305 g/mol. The van der Waals surface area contributed by atoms with Crippen molar-refractivity contribution in [1.29, 1.82) is 0 Å². The van der Waals surface area contributed by atoms with E-state index in [1.54, 1.807) is 12.1 Å². The number of rotatable bonds is 9. The van der Waals surface area contributed by atoms with Crippen molar-refractivity contribution in [3.8, 4) is 5.75 Å². The molecular weight excluding hydrogens is 283 g/mol. The maximum absolute atomic E-state index is 12.5. The summed E-state index contributed by atoms with van der Waals surface area (Å²) >= 11 is 0. The SMILES string of the molecule is CCCNC(COCCC)c1ccccc1OC(F)(F)F. The van der Waals surface area contributed by atoms with E-state index in [4.69, 9.17) is 4.74 Å². The predicted molar refractivity (Wildman–Crippen MR) is 75.3 cm³/mol. The highest BCUT2D eigenvalue weighted by atomic mass is 19.4. The highest BCUT2D eigenvalue weighted by Crippen LogP contribution is 2.30. The van der Waals surface area contributed by atoms with E-state index in [0.29, 0.717) is 25.3 Å². The molecule has 21 heavy (non-hydrogen) atoms. The molecule has 0 heterocycles. The molecule has 0 amide bonds. The molecule has 1 N–H and O–H groups in total. The van der Waals surface area contributed by atoms with E-state index >= 15 is 0 Å². The maximum Gasteiger partial charge on any atom is 0.573 e. The molecule has 1 unspecified atom stereocenters. The molecule has 3 nitrogen and oxygen atoms in total. The number of para-hydroxylation sites is 1. The molecule has 120 valence electrons. The number of benzene rings is 1. The minimum Gasteiger partial charge on any atom is -0.405 e. The highest BCUT2D eigenvalue weighted by Gasteiger charge is 2.32. The molecule has 1 aromatic carbocycles. The zero-order valence-electron chi connectivity index (χ0n) is 12.4. The van der Waals surface area contributed by atoms with Gasteiger partial charge in [0.1, 0.15) is 5.75 Å². The van der Waals surface area contributed by atoms with Gasteiger partial charge in [0, 0.05) is 12.2 Å². The lowest BCUT2D eigenvalue weighted by molar-refractivity contribution is -0.275. The van der Waals surface area contributed by atoms with Gasteiger partial charge in [0.25, 0.3) is 0 Å². The van der Waals surface area contributed by atoms with Gasteiger partial charge in [-0.25, -0.2) is 0 Å². The molecule has 0 spiro atoms. The van der Waals surface area contributed by atoms with Gasteiger partial charge >= 0.3 is 6.36 Å². The number of hydrogen-bond acceptors (Lipinski definition) is 3. The summed E-state index contributed by atoms with van der Waals surface area (Å²) < 4.78 is 47.0. The van der Waals surface area contributed by atoms with Gasteiger partial charge in [0.05, 0.1) is 12.6 Å². The Morgan fingerprint density at radius 2 is 1.86 bits per heavy atom. The fraction of sp³-hybridized carbons (Fsp3) is 0.600. The van der Waals surface area contributed by atoms with E-state index in [2.05, 4.69) is 10.1 Å². The summed E-state index contributed by atoms with van der Waals surface area (Å²) in [5.41, 5.74) is 0.458. The Kier molecular flexibility index (Phi) is 7.53. The van der Waals surface area contributed by atoms with Gasteiger partial charge in [-0.3, -0.25) is 0 Å². The Balaban J connectivity index is 2.88. The Morgan fingerprint density at radius 1 is 1.14 bits per heavy atom. The van der Waals surface area contributed by atoms with Crippen LogP contribution in [0.5, 0.6) is 5.75 Å². The second-order valence-corrected chi connectivity index (χ2v) is 4.67. The molecule has 0 saturated heterocycles. The van der Waals surface area contributed by atoms with Crippen molar-refractivity contribution in [2.24, 2.45) is 0 Å². The molecule has 0 fully saturated rings. The van der Waals surface area contributed by atoms with Crippen molar-refractivity contribution < 1.29 is 22.6 Å². The number of alkyl halides is 3. The summed E-state index contributed by atoms with van der Waals surface area (Å²) in [5, 5.41) is 3.20. The normalized spacial score (nSPS) is 13.2. The van der Waals surface area contributed by atoms with Crippen molar-refractivity contribution >= 4 is 0 Å². The van der Waals surface area contributed by atoms with Crippen molar-refractivity contribution in [1.82, 2.24) is 5.32 Å². The van der Waals surface area contributed by atoms with Crippen LogP contribution in [0, 0.1) is 0 Å². The number of halogens is 3. The van der Waals surface area contributed by atoms with E-state index in [1.807, 2.05) is 13.8 Å². The molecule has 0 aliphatic heterocycles. The third-order valence-electron chi connectivity index (χ3n) is 2.79. The van der Waals surface area contributed by atoms with E-state index in [0.717, 1.165) is 12.8 Å². The van der Waals surface area contributed by atoms with Crippen LogP contribution >= 0.6 is 0 Å². The molecule has 0 aliphatic rings. The second-order valence-electron chi connectivity index (χ2n) is 4.67. The quantitative estimate of drug-likeness (QED) is 0.698. The average molecular weight is 305 g/mol. The van der Waals surface area contributed by atoms with Crippen LogP contribution in [0.15, 0.2) is 24.3 Å². The molecule has 1 atom stereocenters. The second kappa shape index (κ2) is 8.89. The van der Waals surface area contributed by atoms with Crippen LogP contribution in [0.3, 0.4) is 0 Å². The minimum absolute atomic E-state index is 0.182. The lowest BCUT2D eigenvalue weighted by Gasteiger charge is -2.22. The van der Waals surface area contributed by atoms with Crippen LogP contribution in [-0.4, -0.2) is 26.1 Å². The fourth-order valence-corrected chi connectivity index (χ4v) is 1.91. The van der Waals surface area contributed by atoms with Gasteiger partial charge in [-0.15, -0.1) is 13.2 Å². The Morgan fingerprint density at radius 3 is 2.48 bits per heavy atom. The van der Waals surface area contributed by atoms with E-state index in [9.17, 15) is 13.2 Å². The zero-order chi connectivity index (χ0) is 15.7. The molecular formula is C15H22F3NO2. The lowest BCUT2D eigenvalue weighted by Crippen LogP contribution is -2.28. The standard InChI is InChI=1S/C15H22F3NO2/c1-3-9-19-13(11-20-10-4-2)12-7-5-6-8-14(12)21-15(16,17)18/h5-8,13,19H,3-4,9-11H2,1-2H3. The predicted octanol–water partition coefficient (Wildman–Crippen LogP) is 4.05. The summed E-state index contributed by atoms with van der Waals surface area (Å²) in [6.45, 7) is 5.56. The summed E-state index contributed by atoms with van der Waals surface area (Å²) in [6.07, 6.45) is -2.95. The van der Waals surface area contributed by atoms with E-state index in [-0.39, 0.29) is 11.8 Å². The van der Waals surface area contributed by atoms with Crippen LogP contribution < -0.4 is 10.1 Å². The molecule has 0 bridgehead atoms. The minimum atomic E-state index is -4.70. The van der Waals surface area contributed by atoms with Gasteiger partial charge in [0.2, 0.25) is 0 Å². The van der Waals surface area contributed by atoms with Gasteiger partial charge in [-0.05, 0) is 25.5 Å². The zero-order valence-corrected chi connectivity index (χ0v) is 12.4. The number of ether oxygens (including phenoxy) is 2. The third kappa shape index (κ3) is 6.82. The molecule has 1 rings (SSSR count). The Hall–Kier alpha value is -1.27. The third-order valence-corrected chi connectivity index (χ3v) is 2.79. The van der Waals surface area contributed by atoms with Crippen molar-refractivity contribution in [2.75, 3.05) is 19.8 Å². The first kappa shape index (κ1) is 17.8. The van der Waals surface area contributed by atoms with Gasteiger partial charge in [0.15, 0.2) is 0 Å². The molecule has 0 aliphatic carbocycles. The van der Waals surface area contributed by atoms with Crippen LogP contribution in [0.2, 0.25) is 0 Å². The van der Waals surface area contributed by atoms with Crippen molar-refractivity contribution in [3.05, 3.63) is 29.8 Å². The molecule has 1 aromatic rings. The molecule has 6 heteroatoms. The fourth-order valence-electron chi connectivity index (χ4n) is 1.91. The number of hydrogen-bond donors (Lipinski definition) is 1. The van der Waals surface area contributed by atoms with Gasteiger partial charge in [-0.1, -0.05) is 32.0 Å². The average Bonchev–Trinajstić information content (AvgIpc) is 2.42. The smallest absolute Gasteiger partial charge is 0.405 e. The maximum atomic E-state index is 12.5. The summed E-state index contributed by atoms with van der Waals surface area (Å²) in [7, 11) is 0. The van der Waals surface area contributed by atoms with Crippen LogP contribution in [-0.2, 0) is 4.74 Å². The Bertz CT molecular complexity index is 410. The van der Waals surface area contributed by atoms with Gasteiger partial charge < -0.3 is 14.8 Å². The van der Waals surface area contributed by atoms with E-state index in [1.165, 1.54) is 12.1 Å². The van der Waals surface area contributed by atoms with Crippen molar-refractivity contribution in [3.63, 3.8) is 0 Å². The first-order valence-corrected chi connectivity index (χ1v) is 7.13. The number of nitrogens with one attached hydrogen (secondary N) is 1. The highest BCUT2D eigenvalue weighted by molar-refractivity contribution is 5.36. The Labute approximate surface area is 123 Å². The molecule has 0 radical (unpaired) electrons. The summed E-state index contributed by atoms with van der Waals surface area (Å²) in [4.78, 5) is 0. The topological polar surface area (TPSA) is 30.5 Å². The first-order valence-electron chi connectivity index (χ1n) is 7.13. The summed E-state index contributed by atoms with van der Waals surface area (Å²) in [5.74, 6) is -0.182. The van der Waals surface area contributed by atoms with Crippen LogP contribution in [0.1, 0.15) is 38.3 Å². The largest absolute Gasteiger partial charge is 0.573 e. The van der Waals surface area contributed by atoms with E-state index < -0.39 is 6.36 Å². The van der Waals surface area contributed by atoms with Crippen LogP contribution in [0.4, 0.5) is 13.2 Å². The first-order chi connectivity index (χ1) is 9.98. The van der Waals surface area contributed by atoms with Crippen LogP contribution in [0.25, 0.3) is 0 Å². The van der Waals surface area contributed by atoms with Crippen molar-refractivity contribution in [2.45, 2.75) is 39.1 Å². The lowest BCUT2D eigenvalue weighted by atomic mass is 10.1. The summed E-state index contributed by atoms with van der Waals surface area (Å²) in [6, 6.07) is 5.84. The molecule has 0 aromatic heterocycles.